The number of Topliss-reactive ketones (excluding diaryl/α,β-unsaturated/α-hetero) is 1. The van der Waals surface area contributed by atoms with Gasteiger partial charge in [-0.25, -0.2) is 4.98 Å². The second kappa shape index (κ2) is 12.2. The van der Waals surface area contributed by atoms with E-state index in [1.807, 2.05) is 6.92 Å². The number of ketones is 1. The molecular formula is C25H42N2O2. The third-order valence-corrected chi connectivity index (χ3v) is 5.72. The fraction of sp³-hybridized carbons (Fsp3) is 0.720. The van der Waals surface area contributed by atoms with Gasteiger partial charge in [-0.2, -0.15) is 0 Å². The van der Waals surface area contributed by atoms with Crippen molar-refractivity contribution < 1.29 is 9.90 Å². The molecule has 1 aromatic rings. The Balaban J connectivity index is 2.65. The molecule has 29 heavy (non-hydrogen) atoms. The average molecular weight is 403 g/mol. The maximum atomic E-state index is 12.5. The number of unbranched alkanes of at least 4 members (excludes halogenated alkanes) is 2. The molecule has 0 radical (unpaired) electrons. The Hall–Kier alpha value is -1.55. The number of aryl methyl sites for hydroxylation is 1. The number of allylic oxidation sites excluding steroid dienone is 1. The fourth-order valence-corrected chi connectivity index (χ4v) is 3.50. The number of aromatic nitrogens is 2. The van der Waals surface area contributed by atoms with Crippen LogP contribution < -0.4 is 0 Å². The summed E-state index contributed by atoms with van der Waals surface area (Å²) in [6.45, 7) is 15.3. The molecule has 1 aromatic heterocycles. The molecule has 1 N–H and O–H groups in total. The van der Waals surface area contributed by atoms with Crippen molar-refractivity contribution in [3.63, 3.8) is 0 Å². The van der Waals surface area contributed by atoms with Gasteiger partial charge < -0.3 is 5.11 Å². The molecule has 0 amide bonds. The molecule has 0 saturated heterocycles. The van der Waals surface area contributed by atoms with E-state index in [0.717, 1.165) is 49.9 Å². The first-order valence-corrected chi connectivity index (χ1v) is 11.3. The lowest BCUT2D eigenvalue weighted by Crippen LogP contribution is -2.13. The van der Waals surface area contributed by atoms with Gasteiger partial charge in [-0.1, -0.05) is 66.4 Å². The van der Waals surface area contributed by atoms with Crippen molar-refractivity contribution in [2.75, 3.05) is 6.61 Å². The molecule has 1 rings (SSSR count). The van der Waals surface area contributed by atoms with E-state index < -0.39 is 0 Å². The van der Waals surface area contributed by atoms with Crippen molar-refractivity contribution in [2.24, 2.45) is 17.3 Å². The molecule has 1 unspecified atom stereocenters. The van der Waals surface area contributed by atoms with Crippen molar-refractivity contribution in [3.8, 4) is 0 Å². The molecule has 4 nitrogen and oxygen atoms in total. The van der Waals surface area contributed by atoms with Crippen LogP contribution in [0.4, 0.5) is 0 Å². The molecule has 0 bridgehead atoms. The van der Waals surface area contributed by atoms with Crippen molar-refractivity contribution >= 4 is 11.9 Å². The zero-order chi connectivity index (χ0) is 22.0. The summed E-state index contributed by atoms with van der Waals surface area (Å²) in [4.78, 5) is 21.6. The smallest absolute Gasteiger partial charge is 0.182 e. The zero-order valence-electron chi connectivity index (χ0n) is 19.7. The van der Waals surface area contributed by atoms with Crippen LogP contribution in [0.15, 0.2) is 11.8 Å². The van der Waals surface area contributed by atoms with E-state index in [2.05, 4.69) is 57.6 Å². The molecule has 1 atom stereocenters. The van der Waals surface area contributed by atoms with Crippen LogP contribution in [-0.2, 0) is 0 Å². The molecule has 0 aromatic carbocycles. The maximum Gasteiger partial charge on any atom is 0.182 e. The summed E-state index contributed by atoms with van der Waals surface area (Å²) in [7, 11) is 0. The largest absolute Gasteiger partial charge is 0.396 e. The summed E-state index contributed by atoms with van der Waals surface area (Å²) in [5.41, 5.74) is 3.62. The highest BCUT2D eigenvalue weighted by Crippen LogP contribution is 2.30. The number of carbonyl (C=O) groups excluding carboxylic acids is 1. The van der Waals surface area contributed by atoms with Crippen LogP contribution in [0.5, 0.6) is 0 Å². The zero-order valence-corrected chi connectivity index (χ0v) is 19.7. The van der Waals surface area contributed by atoms with Crippen molar-refractivity contribution in [3.05, 3.63) is 28.9 Å². The van der Waals surface area contributed by atoms with Gasteiger partial charge >= 0.3 is 0 Å². The number of aliphatic hydroxyl groups excluding tert-OH is 1. The lowest BCUT2D eigenvalue weighted by Gasteiger charge is -2.23. The molecule has 4 heteroatoms. The van der Waals surface area contributed by atoms with Crippen LogP contribution in [0.2, 0.25) is 0 Å². The topological polar surface area (TPSA) is 63.1 Å². The van der Waals surface area contributed by atoms with Crippen LogP contribution >= 0.6 is 0 Å². The first-order valence-electron chi connectivity index (χ1n) is 11.3. The second-order valence-electron chi connectivity index (χ2n) is 9.60. The highest BCUT2D eigenvalue weighted by atomic mass is 16.3. The molecule has 1 heterocycles. The molecule has 0 aliphatic rings. The van der Waals surface area contributed by atoms with Crippen LogP contribution in [0.25, 0.3) is 6.08 Å². The van der Waals surface area contributed by atoms with Gasteiger partial charge in [0.25, 0.3) is 0 Å². The minimum atomic E-state index is 0.0725. The van der Waals surface area contributed by atoms with E-state index in [-0.39, 0.29) is 17.8 Å². The predicted octanol–water partition coefficient (Wildman–Crippen LogP) is 6.41. The Labute approximate surface area is 178 Å². The molecule has 0 fully saturated rings. The van der Waals surface area contributed by atoms with E-state index in [4.69, 9.17) is 0 Å². The predicted molar refractivity (Wildman–Crippen MR) is 122 cm³/mol. The van der Waals surface area contributed by atoms with Gasteiger partial charge in [0, 0.05) is 13.0 Å². The molecule has 164 valence electrons. The Morgan fingerprint density at radius 2 is 1.86 bits per heavy atom. The second-order valence-corrected chi connectivity index (χ2v) is 9.60. The normalized spacial score (nSPS) is 13.8. The number of rotatable bonds is 12. The van der Waals surface area contributed by atoms with Crippen molar-refractivity contribution in [1.29, 1.82) is 0 Å². The quantitative estimate of drug-likeness (QED) is 0.324. The lowest BCUT2D eigenvalue weighted by molar-refractivity contribution is 0.0973. The van der Waals surface area contributed by atoms with Crippen LogP contribution in [0.1, 0.15) is 108 Å². The van der Waals surface area contributed by atoms with Crippen LogP contribution in [-0.4, -0.2) is 27.5 Å². The SMILES string of the molecule is CCC/C(=C\c1ncc(C(=O)CCCCCC(CO)C(C)C)nc1C)C(C)(C)C. The lowest BCUT2D eigenvalue weighted by atomic mass is 9.83. The average Bonchev–Trinajstić information content (AvgIpc) is 2.64. The van der Waals surface area contributed by atoms with E-state index in [1.54, 1.807) is 6.20 Å². The molecule has 0 aliphatic carbocycles. The minimum absolute atomic E-state index is 0.0725. The Kier molecular flexibility index (Phi) is 10.7. The third-order valence-electron chi connectivity index (χ3n) is 5.72. The van der Waals surface area contributed by atoms with E-state index in [0.29, 0.717) is 24.0 Å². The van der Waals surface area contributed by atoms with Gasteiger partial charge in [-0.3, -0.25) is 9.78 Å². The summed E-state index contributed by atoms with van der Waals surface area (Å²) in [6.07, 6.45) is 10.4. The molecular weight excluding hydrogens is 360 g/mol. The van der Waals surface area contributed by atoms with Gasteiger partial charge in [0.1, 0.15) is 5.69 Å². The number of carbonyl (C=O) groups is 1. The maximum absolute atomic E-state index is 12.5. The van der Waals surface area contributed by atoms with E-state index >= 15 is 0 Å². The summed E-state index contributed by atoms with van der Waals surface area (Å²) in [5.74, 6) is 0.942. The molecule has 0 spiro atoms. The summed E-state index contributed by atoms with van der Waals surface area (Å²) in [5, 5.41) is 9.39. The number of nitrogens with zero attached hydrogens (tertiary/aromatic N) is 2. The molecule has 0 aliphatic heterocycles. The Morgan fingerprint density at radius 1 is 1.17 bits per heavy atom. The highest BCUT2D eigenvalue weighted by molar-refractivity contribution is 5.94. The Morgan fingerprint density at radius 3 is 2.38 bits per heavy atom. The number of hydrogen-bond donors (Lipinski definition) is 1. The number of hydrogen-bond acceptors (Lipinski definition) is 4. The standard InChI is InChI=1S/C25H42N2O2/c1-8-12-21(25(5,6)7)15-22-19(4)27-23(16-26-22)24(29)14-11-9-10-13-20(17-28)18(2)3/h15-16,18,20,28H,8-14,17H2,1-7H3/b21-15+. The van der Waals surface area contributed by atoms with Crippen LogP contribution in [0.3, 0.4) is 0 Å². The fourth-order valence-electron chi connectivity index (χ4n) is 3.50. The van der Waals surface area contributed by atoms with Gasteiger partial charge in [-0.15, -0.1) is 0 Å². The van der Waals surface area contributed by atoms with Gasteiger partial charge in [-0.05, 0) is 49.5 Å². The summed E-state index contributed by atoms with van der Waals surface area (Å²) in [6, 6.07) is 0. The first kappa shape index (κ1) is 25.5. The Bertz CT molecular complexity index is 672. The summed E-state index contributed by atoms with van der Waals surface area (Å²) >= 11 is 0. The van der Waals surface area contributed by atoms with Crippen molar-refractivity contribution in [1.82, 2.24) is 9.97 Å². The van der Waals surface area contributed by atoms with Gasteiger partial charge in [0.05, 0.1) is 17.6 Å². The minimum Gasteiger partial charge on any atom is -0.396 e. The summed E-state index contributed by atoms with van der Waals surface area (Å²) < 4.78 is 0. The molecule has 0 saturated carbocycles. The van der Waals surface area contributed by atoms with Crippen LogP contribution in [0, 0.1) is 24.2 Å². The van der Waals surface area contributed by atoms with Gasteiger partial charge in [0.15, 0.2) is 5.78 Å². The first-order chi connectivity index (χ1) is 13.6. The van der Waals surface area contributed by atoms with E-state index in [1.165, 1.54) is 5.57 Å². The third kappa shape index (κ3) is 8.77. The van der Waals surface area contributed by atoms with E-state index in [9.17, 15) is 9.90 Å². The highest BCUT2D eigenvalue weighted by Gasteiger charge is 2.18. The monoisotopic (exact) mass is 402 g/mol. The van der Waals surface area contributed by atoms with Crippen molar-refractivity contribution in [2.45, 2.75) is 93.4 Å². The van der Waals surface area contributed by atoms with Gasteiger partial charge in [0.2, 0.25) is 0 Å². The number of aliphatic hydroxyl groups is 1.